The molecule has 0 N–H and O–H groups in total. The van der Waals surface area contributed by atoms with Crippen molar-refractivity contribution in [1.29, 1.82) is 0 Å². The maximum atomic E-state index is 10.9. The summed E-state index contributed by atoms with van der Waals surface area (Å²) < 4.78 is 6.64. The Bertz CT molecular complexity index is 123. The summed E-state index contributed by atoms with van der Waals surface area (Å²) in [4.78, 5) is 10.9. The zero-order chi connectivity index (χ0) is 7.40. The molecule has 0 spiro atoms. The average molecular weight is 334 g/mol. The van der Waals surface area contributed by atoms with Crippen LogP contribution in [0.5, 0.6) is 0 Å². The van der Waals surface area contributed by atoms with Crippen LogP contribution < -0.4 is 0 Å². The molecular weight excluding hydrogens is 323 g/mol. The van der Waals surface area contributed by atoms with E-state index in [2.05, 4.69) is 0 Å². The van der Waals surface area contributed by atoms with E-state index in [0.29, 0.717) is 25.2 Å². The van der Waals surface area contributed by atoms with Gasteiger partial charge in [0.05, 0.1) is 0 Å². The first-order chi connectivity index (χ1) is 4.83. The van der Waals surface area contributed by atoms with E-state index in [0.717, 1.165) is 6.42 Å². The SMILES string of the molecule is O=C1CCOC(C[CH2][Pb])C1. The van der Waals surface area contributed by atoms with Crippen molar-refractivity contribution >= 4 is 31.6 Å². The van der Waals surface area contributed by atoms with E-state index in [1.807, 2.05) is 0 Å². The van der Waals surface area contributed by atoms with Gasteiger partial charge in [0, 0.05) is 0 Å². The third-order valence-electron chi connectivity index (χ3n) is 1.66. The van der Waals surface area contributed by atoms with E-state index >= 15 is 0 Å². The van der Waals surface area contributed by atoms with Gasteiger partial charge >= 0.3 is 77.0 Å². The van der Waals surface area contributed by atoms with Crippen LogP contribution >= 0.6 is 0 Å². The number of rotatable bonds is 2. The second-order valence-electron chi connectivity index (χ2n) is 2.52. The third-order valence-corrected chi connectivity index (χ3v) is 2.78. The van der Waals surface area contributed by atoms with Crippen molar-refractivity contribution in [2.75, 3.05) is 6.61 Å². The second-order valence-corrected chi connectivity index (χ2v) is 4.47. The van der Waals surface area contributed by atoms with E-state index in [-0.39, 0.29) is 6.10 Å². The molecule has 0 aliphatic carbocycles. The van der Waals surface area contributed by atoms with Crippen LogP contribution in [0, 0.1) is 0 Å². The molecule has 1 rings (SSSR count). The Hall–Kier alpha value is 0.552. The Kier molecular flexibility index (Phi) is 3.83. The summed E-state index contributed by atoms with van der Waals surface area (Å²) in [5, 5.41) is 0. The normalized spacial score (nSPS) is 26.9. The summed E-state index contributed by atoms with van der Waals surface area (Å²) in [5.41, 5.74) is 0. The molecule has 3 radical (unpaired) electrons. The summed E-state index contributed by atoms with van der Waals surface area (Å²) in [6.45, 7) is 0.658. The predicted molar refractivity (Wildman–Crippen MR) is 39.2 cm³/mol. The zero-order valence-corrected chi connectivity index (χ0v) is 9.82. The Morgan fingerprint density at radius 3 is 3.10 bits per heavy atom. The van der Waals surface area contributed by atoms with Crippen LogP contribution in [0.1, 0.15) is 19.3 Å². The molecule has 55 valence electrons. The number of Topliss-reactive ketones (excluding diaryl/α,β-unsaturated/α-hetero) is 1. The molecule has 0 amide bonds. The van der Waals surface area contributed by atoms with Crippen molar-refractivity contribution in [3.05, 3.63) is 0 Å². The second kappa shape index (κ2) is 4.43. The van der Waals surface area contributed by atoms with Gasteiger partial charge in [-0.2, -0.15) is 0 Å². The molecular formula is C7H11O2Pb. The van der Waals surface area contributed by atoms with Crippen LogP contribution in [0.25, 0.3) is 0 Å². The van der Waals surface area contributed by atoms with Crippen molar-refractivity contribution in [2.45, 2.75) is 29.3 Å². The number of hydrogen-bond acceptors (Lipinski definition) is 2. The van der Waals surface area contributed by atoms with Gasteiger partial charge in [0.25, 0.3) is 0 Å². The monoisotopic (exact) mass is 335 g/mol. The summed E-state index contributed by atoms with van der Waals surface area (Å²) in [5.74, 6) is 0.381. The fraction of sp³-hybridized carbons (Fsp3) is 0.857. The van der Waals surface area contributed by atoms with Gasteiger partial charge in [0.1, 0.15) is 0 Å². The van der Waals surface area contributed by atoms with Crippen LogP contribution in [0.4, 0.5) is 0 Å². The summed E-state index contributed by atoms with van der Waals surface area (Å²) in [6, 6.07) is 0. The van der Waals surface area contributed by atoms with Crippen molar-refractivity contribution in [1.82, 2.24) is 0 Å². The molecule has 1 aliphatic heterocycles. The van der Waals surface area contributed by atoms with Crippen molar-refractivity contribution < 1.29 is 9.53 Å². The number of hydrogen-bond donors (Lipinski definition) is 0. The maximum absolute atomic E-state index is 10.9. The molecule has 10 heavy (non-hydrogen) atoms. The summed E-state index contributed by atoms with van der Waals surface area (Å²) in [7, 11) is 0. The molecule has 0 aromatic rings. The number of carbonyl (C=O) groups excluding carboxylic acids is 1. The van der Waals surface area contributed by atoms with Gasteiger partial charge in [0.15, 0.2) is 0 Å². The van der Waals surface area contributed by atoms with Gasteiger partial charge in [-0.05, 0) is 0 Å². The molecule has 0 bridgehead atoms. The Balaban J connectivity index is 2.25. The van der Waals surface area contributed by atoms with Gasteiger partial charge in [-0.1, -0.05) is 0 Å². The Morgan fingerprint density at radius 2 is 2.50 bits per heavy atom. The molecule has 0 aromatic carbocycles. The van der Waals surface area contributed by atoms with Crippen molar-refractivity contribution in [3.8, 4) is 0 Å². The first kappa shape index (κ1) is 8.65. The first-order valence-electron chi connectivity index (χ1n) is 3.61. The minimum atomic E-state index is 0.263. The van der Waals surface area contributed by atoms with E-state index in [1.165, 1.54) is 29.7 Å². The van der Waals surface area contributed by atoms with E-state index in [9.17, 15) is 4.79 Å². The third kappa shape index (κ3) is 2.66. The molecule has 0 saturated carbocycles. The fourth-order valence-electron chi connectivity index (χ4n) is 1.10. The van der Waals surface area contributed by atoms with E-state index in [1.54, 1.807) is 0 Å². The van der Waals surface area contributed by atoms with Gasteiger partial charge in [-0.25, -0.2) is 0 Å². The van der Waals surface area contributed by atoms with Crippen LogP contribution in [0.3, 0.4) is 0 Å². The van der Waals surface area contributed by atoms with Crippen LogP contribution in [-0.2, 0) is 9.53 Å². The van der Waals surface area contributed by atoms with Gasteiger partial charge in [-0.15, -0.1) is 0 Å². The zero-order valence-electron chi connectivity index (χ0n) is 5.93. The standard InChI is InChI=1S/C7H11O2.Pb/c1-2-7-5-6(8)3-4-9-7;/h7H,1-5H2;. The molecule has 1 fully saturated rings. The Morgan fingerprint density at radius 1 is 1.70 bits per heavy atom. The van der Waals surface area contributed by atoms with Crippen LogP contribution in [-0.4, -0.2) is 44.3 Å². The Labute approximate surface area is 77.0 Å². The van der Waals surface area contributed by atoms with Gasteiger partial charge < -0.3 is 0 Å². The molecule has 0 aromatic heterocycles. The van der Waals surface area contributed by atoms with Gasteiger partial charge in [-0.3, -0.25) is 0 Å². The molecule has 1 aliphatic rings. The first-order valence-corrected chi connectivity index (χ1v) is 6.35. The topological polar surface area (TPSA) is 26.3 Å². The summed E-state index contributed by atoms with van der Waals surface area (Å²) >= 11 is 1.22. The van der Waals surface area contributed by atoms with E-state index < -0.39 is 0 Å². The van der Waals surface area contributed by atoms with Crippen molar-refractivity contribution in [3.63, 3.8) is 0 Å². The molecule has 2 nitrogen and oxygen atoms in total. The fourth-order valence-corrected chi connectivity index (χ4v) is 2.35. The van der Waals surface area contributed by atoms with Crippen molar-refractivity contribution in [2.24, 2.45) is 0 Å². The molecule has 3 heteroatoms. The average Bonchev–Trinajstić information content (AvgIpc) is 1.88. The molecule has 1 saturated heterocycles. The molecule has 1 atom stereocenters. The quantitative estimate of drug-likeness (QED) is 0.696. The molecule has 1 heterocycles. The number of carbonyl (C=O) groups is 1. The van der Waals surface area contributed by atoms with Crippen LogP contribution in [0.15, 0.2) is 0 Å². The molecule has 1 unspecified atom stereocenters. The summed E-state index contributed by atoms with van der Waals surface area (Å²) in [6.07, 6.45) is 2.66. The van der Waals surface area contributed by atoms with E-state index in [4.69, 9.17) is 4.74 Å². The number of ether oxygens (including phenoxy) is 1. The number of ketones is 1. The van der Waals surface area contributed by atoms with Gasteiger partial charge in [0.2, 0.25) is 0 Å². The predicted octanol–water partition coefficient (Wildman–Crippen LogP) is 0.711. The van der Waals surface area contributed by atoms with Crippen LogP contribution in [0.2, 0.25) is 3.98 Å². The minimum absolute atomic E-state index is 0.263.